The Morgan fingerprint density at radius 2 is 1.72 bits per heavy atom. The second-order valence-electron chi connectivity index (χ2n) is 5.58. The predicted octanol–water partition coefficient (Wildman–Crippen LogP) is 5.28. The van der Waals surface area contributed by atoms with Crippen molar-refractivity contribution in [2.45, 2.75) is 13.3 Å². The van der Waals surface area contributed by atoms with Gasteiger partial charge in [0.15, 0.2) is 0 Å². The van der Waals surface area contributed by atoms with Gasteiger partial charge in [-0.1, -0.05) is 64.5 Å². The number of aromatic nitrogens is 1. The summed E-state index contributed by atoms with van der Waals surface area (Å²) in [7, 11) is 0. The number of ether oxygens (including phenoxy) is 1. The highest BCUT2D eigenvalue weighted by Gasteiger charge is 2.14. The third-order valence-corrected chi connectivity index (χ3v) is 4.36. The highest BCUT2D eigenvalue weighted by atomic mass is 79.9. The topological polar surface area (TPSA) is 39.2 Å². The van der Waals surface area contributed by atoms with Crippen molar-refractivity contribution >= 4 is 21.9 Å². The molecule has 0 aliphatic heterocycles. The van der Waals surface area contributed by atoms with E-state index in [0.717, 1.165) is 26.9 Å². The van der Waals surface area contributed by atoms with Crippen molar-refractivity contribution in [3.05, 3.63) is 88.2 Å². The summed E-state index contributed by atoms with van der Waals surface area (Å²) in [5, 5.41) is 0. The van der Waals surface area contributed by atoms with Gasteiger partial charge in [-0.3, -0.25) is 0 Å². The van der Waals surface area contributed by atoms with Crippen LogP contribution in [0, 0.1) is 0 Å². The fourth-order valence-electron chi connectivity index (χ4n) is 2.63. The fraction of sp³-hybridized carbons (Fsp3) is 0.143. The molecule has 0 unspecified atom stereocenters. The minimum Gasteiger partial charge on any atom is -0.461 e. The third-order valence-electron chi connectivity index (χ3n) is 3.83. The van der Waals surface area contributed by atoms with Crippen molar-refractivity contribution in [2.75, 3.05) is 6.61 Å². The summed E-state index contributed by atoms with van der Waals surface area (Å²) < 4.78 is 6.12. The lowest BCUT2D eigenvalue weighted by atomic mass is 9.99. The van der Waals surface area contributed by atoms with Crippen molar-refractivity contribution in [1.29, 1.82) is 0 Å². The van der Waals surface area contributed by atoms with Crippen LogP contribution in [0.3, 0.4) is 0 Å². The van der Waals surface area contributed by atoms with E-state index in [0.29, 0.717) is 18.7 Å². The average Bonchev–Trinajstić information content (AvgIpc) is 2.64. The molecule has 0 spiro atoms. The van der Waals surface area contributed by atoms with Crippen LogP contribution in [0.5, 0.6) is 0 Å². The first kappa shape index (κ1) is 17.4. The number of benzene rings is 2. The second kappa shape index (κ2) is 8.08. The normalized spacial score (nSPS) is 10.5. The van der Waals surface area contributed by atoms with Crippen LogP contribution in [-0.4, -0.2) is 17.6 Å². The smallest absolute Gasteiger partial charge is 0.356 e. The minimum atomic E-state index is -0.390. The van der Waals surface area contributed by atoms with Crippen LogP contribution in [0.4, 0.5) is 0 Å². The minimum absolute atomic E-state index is 0.336. The number of nitrogens with zero attached hydrogens (tertiary/aromatic N) is 1. The summed E-state index contributed by atoms with van der Waals surface area (Å²) in [5.41, 5.74) is 4.44. The van der Waals surface area contributed by atoms with Gasteiger partial charge < -0.3 is 4.74 Å². The maximum absolute atomic E-state index is 12.1. The van der Waals surface area contributed by atoms with Crippen LogP contribution in [0.1, 0.15) is 28.7 Å². The molecule has 1 heterocycles. The van der Waals surface area contributed by atoms with Crippen LogP contribution in [0.2, 0.25) is 0 Å². The number of carbonyl (C=O) groups excluding carboxylic acids is 1. The summed E-state index contributed by atoms with van der Waals surface area (Å²) in [6.45, 7) is 2.13. The summed E-state index contributed by atoms with van der Waals surface area (Å²) in [6, 6.07) is 21.9. The van der Waals surface area contributed by atoms with Crippen LogP contribution >= 0.6 is 15.9 Å². The Bertz CT molecular complexity index is 861. The first-order valence-electron chi connectivity index (χ1n) is 8.14. The summed E-state index contributed by atoms with van der Waals surface area (Å²) in [6.07, 6.45) is 0.644. The van der Waals surface area contributed by atoms with E-state index in [1.54, 1.807) is 13.0 Å². The number of esters is 1. The lowest BCUT2D eigenvalue weighted by molar-refractivity contribution is 0.0519. The lowest BCUT2D eigenvalue weighted by Crippen LogP contribution is -2.09. The van der Waals surface area contributed by atoms with Crippen LogP contribution < -0.4 is 0 Å². The number of hydrogen-bond donors (Lipinski definition) is 0. The van der Waals surface area contributed by atoms with E-state index >= 15 is 0 Å². The summed E-state index contributed by atoms with van der Waals surface area (Å²) in [5.74, 6) is -0.390. The van der Waals surface area contributed by atoms with Gasteiger partial charge in [-0.2, -0.15) is 0 Å². The van der Waals surface area contributed by atoms with E-state index in [9.17, 15) is 4.79 Å². The van der Waals surface area contributed by atoms with Crippen molar-refractivity contribution in [3.8, 4) is 11.1 Å². The molecular formula is C21H18BrNO2. The molecule has 1 aromatic heterocycles. The third kappa shape index (κ3) is 4.34. The zero-order valence-corrected chi connectivity index (χ0v) is 15.5. The van der Waals surface area contributed by atoms with Gasteiger partial charge in [0, 0.05) is 16.5 Å². The number of rotatable bonds is 5. The molecule has 3 aromatic rings. The van der Waals surface area contributed by atoms with Gasteiger partial charge >= 0.3 is 5.97 Å². The first-order valence-corrected chi connectivity index (χ1v) is 8.93. The molecule has 126 valence electrons. The van der Waals surface area contributed by atoms with E-state index in [2.05, 4.69) is 33.0 Å². The molecule has 0 N–H and O–H groups in total. The number of carbonyl (C=O) groups is 1. The van der Waals surface area contributed by atoms with Gasteiger partial charge in [0.1, 0.15) is 5.69 Å². The number of hydrogen-bond acceptors (Lipinski definition) is 3. The molecule has 0 atom stereocenters. The molecule has 0 aliphatic rings. The molecule has 2 aromatic carbocycles. The summed E-state index contributed by atoms with van der Waals surface area (Å²) in [4.78, 5) is 16.6. The van der Waals surface area contributed by atoms with Crippen molar-refractivity contribution in [2.24, 2.45) is 0 Å². The van der Waals surface area contributed by atoms with E-state index in [1.165, 1.54) is 0 Å². The largest absolute Gasteiger partial charge is 0.461 e. The van der Waals surface area contributed by atoms with E-state index in [-0.39, 0.29) is 5.97 Å². The molecule has 0 saturated heterocycles. The molecule has 0 amide bonds. The Balaban J connectivity index is 2.02. The Morgan fingerprint density at radius 1 is 1.00 bits per heavy atom. The molecule has 0 bridgehead atoms. The monoisotopic (exact) mass is 395 g/mol. The Morgan fingerprint density at radius 3 is 2.40 bits per heavy atom. The standard InChI is InChI=1S/C21H18BrNO2/c1-2-25-21(24)19-13-12-18(16-6-4-3-5-7-16)20(23-19)14-15-8-10-17(22)11-9-15/h3-13H,2,14H2,1H3. The first-order chi connectivity index (χ1) is 12.2. The Labute approximate surface area is 155 Å². The van der Waals surface area contributed by atoms with Crippen LogP contribution in [-0.2, 0) is 11.2 Å². The van der Waals surface area contributed by atoms with E-state index in [4.69, 9.17) is 4.74 Å². The van der Waals surface area contributed by atoms with Gasteiger partial charge in [0.05, 0.1) is 12.3 Å². The molecule has 25 heavy (non-hydrogen) atoms. The van der Waals surface area contributed by atoms with E-state index in [1.807, 2.05) is 48.5 Å². The number of pyridine rings is 1. The summed E-state index contributed by atoms with van der Waals surface area (Å²) >= 11 is 3.45. The molecule has 0 fully saturated rings. The van der Waals surface area contributed by atoms with Gasteiger partial charge in [-0.25, -0.2) is 9.78 Å². The molecule has 4 heteroatoms. The predicted molar refractivity (Wildman–Crippen MR) is 103 cm³/mol. The molecule has 0 saturated carbocycles. The van der Waals surface area contributed by atoms with Crippen molar-refractivity contribution in [1.82, 2.24) is 4.98 Å². The molecule has 0 aliphatic carbocycles. The zero-order valence-electron chi connectivity index (χ0n) is 13.9. The quantitative estimate of drug-likeness (QED) is 0.551. The maximum atomic E-state index is 12.1. The average molecular weight is 396 g/mol. The zero-order chi connectivity index (χ0) is 17.6. The highest BCUT2D eigenvalue weighted by molar-refractivity contribution is 9.10. The van der Waals surface area contributed by atoms with Crippen LogP contribution in [0.25, 0.3) is 11.1 Å². The molecule has 3 nitrogen and oxygen atoms in total. The number of halogens is 1. The SMILES string of the molecule is CCOC(=O)c1ccc(-c2ccccc2)c(Cc2ccc(Br)cc2)n1. The molecule has 0 radical (unpaired) electrons. The van der Waals surface area contributed by atoms with Crippen molar-refractivity contribution < 1.29 is 9.53 Å². The van der Waals surface area contributed by atoms with Gasteiger partial charge in [-0.15, -0.1) is 0 Å². The highest BCUT2D eigenvalue weighted by Crippen LogP contribution is 2.25. The molecular weight excluding hydrogens is 378 g/mol. The Kier molecular flexibility index (Phi) is 5.61. The maximum Gasteiger partial charge on any atom is 0.356 e. The van der Waals surface area contributed by atoms with Gasteiger partial charge in [0.25, 0.3) is 0 Å². The second-order valence-corrected chi connectivity index (χ2v) is 6.50. The van der Waals surface area contributed by atoms with Gasteiger partial charge in [-0.05, 0) is 36.2 Å². The van der Waals surface area contributed by atoms with Crippen molar-refractivity contribution in [3.63, 3.8) is 0 Å². The molecule has 3 rings (SSSR count). The Hall–Kier alpha value is -2.46. The lowest BCUT2D eigenvalue weighted by Gasteiger charge is -2.11. The van der Waals surface area contributed by atoms with Gasteiger partial charge in [0.2, 0.25) is 0 Å². The van der Waals surface area contributed by atoms with E-state index < -0.39 is 0 Å². The van der Waals surface area contributed by atoms with Crippen LogP contribution in [0.15, 0.2) is 71.2 Å². The fourth-order valence-corrected chi connectivity index (χ4v) is 2.90.